The highest BCUT2D eigenvalue weighted by molar-refractivity contribution is 7.80. The molecule has 0 N–H and O–H groups in total. The Morgan fingerprint density at radius 1 is 1.67 bits per heavy atom. The lowest BCUT2D eigenvalue weighted by Crippen LogP contribution is -1.82. The Bertz CT molecular complexity index is 22.8. The van der Waals surface area contributed by atoms with Gasteiger partial charge in [0.15, 0.2) is 0 Å². The first-order valence-electron chi connectivity index (χ1n) is 2.10. The summed E-state index contributed by atoms with van der Waals surface area (Å²) >= 11 is 3.94. The van der Waals surface area contributed by atoms with Crippen LogP contribution in [0.4, 0.5) is 0 Å². The van der Waals surface area contributed by atoms with Gasteiger partial charge in [-0.3, -0.25) is 0 Å². The fourth-order valence-corrected chi connectivity index (χ4v) is 1.31. The van der Waals surface area contributed by atoms with Crippen molar-refractivity contribution < 1.29 is 4.80 Å². The Balaban J connectivity index is 2.34. The van der Waals surface area contributed by atoms with Crippen LogP contribution in [0.25, 0.3) is 0 Å². The summed E-state index contributed by atoms with van der Waals surface area (Å²) in [6.07, 6.45) is 1.03. The molecule has 0 fully saturated rings. The lowest BCUT2D eigenvalue weighted by atomic mass is 10.6. The highest BCUT2D eigenvalue weighted by Gasteiger charge is 1.80. The quantitative estimate of drug-likeness (QED) is 0.313. The maximum absolute atomic E-state index is 9.79. The highest BCUT2D eigenvalue weighted by Crippen LogP contribution is 1.87. The van der Waals surface area contributed by atoms with Crippen LogP contribution in [0.5, 0.6) is 0 Å². The average Bonchev–Trinajstić information content (AvgIpc) is 1.61. The first kappa shape index (κ1) is 6.53. The van der Waals surface area contributed by atoms with Gasteiger partial charge in [-0.1, -0.05) is 0 Å². The highest BCUT2D eigenvalue weighted by atomic mass is 32.1. The molecule has 0 unspecified atom stereocenters. The SMILES string of the molecule is [O][SiH2]CCCS. The third kappa shape index (κ3) is 4.53. The van der Waals surface area contributed by atoms with Crippen LogP contribution in [-0.2, 0) is 4.80 Å². The molecule has 0 saturated carbocycles. The number of hydrogen-bond donors (Lipinski definition) is 1. The smallest absolute Gasteiger partial charge is 0.207 e. The van der Waals surface area contributed by atoms with Crippen LogP contribution in [0.2, 0.25) is 6.04 Å². The molecule has 37 valence electrons. The van der Waals surface area contributed by atoms with Crippen LogP contribution in [-0.4, -0.2) is 15.5 Å². The fraction of sp³-hybridized carbons (Fsp3) is 1.00. The van der Waals surface area contributed by atoms with Crippen molar-refractivity contribution in [3.8, 4) is 0 Å². The molecule has 6 heavy (non-hydrogen) atoms. The molecule has 1 nitrogen and oxygen atoms in total. The van der Waals surface area contributed by atoms with Crippen LogP contribution >= 0.6 is 12.6 Å². The predicted octanol–water partition coefficient (Wildman–Crippen LogP) is 0.239. The van der Waals surface area contributed by atoms with Gasteiger partial charge < -0.3 is 4.80 Å². The van der Waals surface area contributed by atoms with Gasteiger partial charge in [0, 0.05) is 0 Å². The topological polar surface area (TPSA) is 19.9 Å². The number of thiol groups is 1. The van der Waals surface area contributed by atoms with Gasteiger partial charge in [0.05, 0.1) is 0 Å². The minimum absolute atomic E-state index is 0.884. The third-order valence-electron chi connectivity index (χ3n) is 0.552. The van der Waals surface area contributed by atoms with Gasteiger partial charge in [0.1, 0.15) is 0 Å². The molecular weight excluding hydrogens is 112 g/mol. The van der Waals surface area contributed by atoms with Crippen molar-refractivity contribution in [2.45, 2.75) is 12.5 Å². The van der Waals surface area contributed by atoms with E-state index in [-0.39, 0.29) is 0 Å². The Kier molecular flexibility index (Phi) is 6.01. The molecule has 0 bridgehead atoms. The maximum Gasteiger partial charge on any atom is 0.207 e. The molecule has 0 rings (SSSR count). The molecule has 0 aromatic rings. The van der Waals surface area contributed by atoms with Crippen molar-refractivity contribution in [3.63, 3.8) is 0 Å². The molecule has 0 amide bonds. The summed E-state index contributed by atoms with van der Waals surface area (Å²) in [5, 5.41) is 0. The largest absolute Gasteiger partial charge is 0.306 e. The number of hydrogen-bond acceptors (Lipinski definition) is 1. The van der Waals surface area contributed by atoms with E-state index >= 15 is 0 Å². The third-order valence-corrected chi connectivity index (χ3v) is 1.66. The van der Waals surface area contributed by atoms with E-state index in [0.717, 1.165) is 18.2 Å². The molecule has 0 heterocycles. The van der Waals surface area contributed by atoms with E-state index in [1.54, 1.807) is 0 Å². The standard InChI is InChI=1S/C3H9OSSi/c4-6-3-1-2-5/h5H,1-3,6H2. The molecular formula is C3H9OSSi. The summed E-state index contributed by atoms with van der Waals surface area (Å²) in [5.41, 5.74) is 0. The second kappa shape index (κ2) is 5.53. The summed E-state index contributed by atoms with van der Waals surface area (Å²) in [4.78, 5) is 9.79. The van der Waals surface area contributed by atoms with E-state index in [0.29, 0.717) is 0 Å². The fourth-order valence-electron chi connectivity index (χ4n) is 0.214. The molecule has 0 aliphatic carbocycles. The van der Waals surface area contributed by atoms with Crippen LogP contribution in [0.1, 0.15) is 6.42 Å². The lowest BCUT2D eigenvalue weighted by molar-refractivity contribution is 0.472. The molecule has 1 radical (unpaired) electrons. The minimum atomic E-state index is -0.896. The normalized spacial score (nSPS) is 11.0. The summed E-state index contributed by atoms with van der Waals surface area (Å²) in [6.45, 7) is 0. The zero-order valence-corrected chi connectivity index (χ0v) is 5.99. The van der Waals surface area contributed by atoms with Crippen molar-refractivity contribution in [1.29, 1.82) is 0 Å². The van der Waals surface area contributed by atoms with Crippen molar-refractivity contribution in [3.05, 3.63) is 0 Å². The predicted molar refractivity (Wildman–Crippen MR) is 32.5 cm³/mol. The molecule has 0 aromatic carbocycles. The van der Waals surface area contributed by atoms with E-state index in [9.17, 15) is 4.80 Å². The van der Waals surface area contributed by atoms with Crippen LogP contribution < -0.4 is 0 Å². The first-order chi connectivity index (χ1) is 2.91. The van der Waals surface area contributed by atoms with E-state index in [2.05, 4.69) is 12.6 Å². The Labute approximate surface area is 46.1 Å². The summed E-state index contributed by atoms with van der Waals surface area (Å²) in [5.74, 6) is 0.884. The van der Waals surface area contributed by atoms with Crippen LogP contribution in [0, 0.1) is 0 Å². The van der Waals surface area contributed by atoms with E-state index in [1.807, 2.05) is 0 Å². The van der Waals surface area contributed by atoms with E-state index < -0.39 is 9.76 Å². The first-order valence-corrected chi connectivity index (χ1v) is 4.31. The molecule has 0 aliphatic heterocycles. The van der Waals surface area contributed by atoms with Crippen LogP contribution in [0.3, 0.4) is 0 Å². The van der Waals surface area contributed by atoms with Crippen molar-refractivity contribution in [1.82, 2.24) is 0 Å². The Morgan fingerprint density at radius 3 is 2.50 bits per heavy atom. The second-order valence-corrected chi connectivity index (χ2v) is 2.70. The van der Waals surface area contributed by atoms with Crippen LogP contribution in [0.15, 0.2) is 0 Å². The van der Waals surface area contributed by atoms with Gasteiger partial charge in [0.25, 0.3) is 0 Å². The average molecular weight is 121 g/mol. The molecule has 0 atom stereocenters. The van der Waals surface area contributed by atoms with Crippen molar-refractivity contribution >= 4 is 22.4 Å². The van der Waals surface area contributed by atoms with Gasteiger partial charge in [0.2, 0.25) is 9.76 Å². The minimum Gasteiger partial charge on any atom is -0.306 e. The van der Waals surface area contributed by atoms with Crippen molar-refractivity contribution in [2.24, 2.45) is 0 Å². The Hall–Kier alpha value is 0.527. The maximum atomic E-state index is 9.79. The molecule has 3 heteroatoms. The summed E-state index contributed by atoms with van der Waals surface area (Å²) in [7, 11) is -0.896. The molecule has 0 aliphatic rings. The second-order valence-electron chi connectivity index (χ2n) is 1.13. The molecule has 0 spiro atoms. The van der Waals surface area contributed by atoms with Gasteiger partial charge in [-0.05, 0) is 18.2 Å². The Morgan fingerprint density at radius 2 is 2.33 bits per heavy atom. The molecule has 0 saturated heterocycles. The lowest BCUT2D eigenvalue weighted by Gasteiger charge is -1.82. The summed E-state index contributed by atoms with van der Waals surface area (Å²) < 4.78 is 0. The van der Waals surface area contributed by atoms with Gasteiger partial charge >= 0.3 is 0 Å². The summed E-state index contributed by atoms with van der Waals surface area (Å²) in [6, 6.07) is 0.920. The zero-order valence-electron chi connectivity index (χ0n) is 3.68. The molecule has 0 aromatic heterocycles. The van der Waals surface area contributed by atoms with Gasteiger partial charge in [-0.15, -0.1) is 0 Å². The zero-order chi connectivity index (χ0) is 4.83. The monoisotopic (exact) mass is 121 g/mol. The van der Waals surface area contributed by atoms with Gasteiger partial charge in [-0.25, -0.2) is 0 Å². The van der Waals surface area contributed by atoms with E-state index in [1.165, 1.54) is 0 Å². The van der Waals surface area contributed by atoms with E-state index in [4.69, 9.17) is 0 Å². The van der Waals surface area contributed by atoms with Crippen molar-refractivity contribution in [2.75, 3.05) is 5.75 Å². The number of rotatable bonds is 3. The van der Waals surface area contributed by atoms with Gasteiger partial charge in [-0.2, -0.15) is 12.6 Å².